The molecule has 0 saturated carbocycles. The minimum Gasteiger partial charge on any atom is -0.484 e. The van der Waals surface area contributed by atoms with Gasteiger partial charge in [0.15, 0.2) is 6.61 Å². The van der Waals surface area contributed by atoms with Crippen LogP contribution in [0.1, 0.15) is 40.9 Å². The number of piperazine rings is 1. The van der Waals surface area contributed by atoms with Crippen molar-refractivity contribution >= 4 is 11.8 Å². The van der Waals surface area contributed by atoms with Crippen molar-refractivity contribution in [1.82, 2.24) is 24.3 Å². The maximum Gasteiger partial charge on any atom is 0.334 e. The second kappa shape index (κ2) is 13.3. The summed E-state index contributed by atoms with van der Waals surface area (Å²) in [6, 6.07) is 24.8. The zero-order valence-electron chi connectivity index (χ0n) is 25.2. The van der Waals surface area contributed by atoms with Crippen LogP contribution in [0, 0.1) is 6.92 Å². The van der Waals surface area contributed by atoms with Gasteiger partial charge in [0.25, 0.3) is 11.8 Å². The third kappa shape index (κ3) is 6.19. The number of aryl methyl sites for hydroxylation is 1. The molecule has 9 nitrogen and oxygen atoms in total. The first-order chi connectivity index (χ1) is 21.5. The average Bonchev–Trinajstić information content (AvgIpc) is 3.35. The zero-order valence-corrected chi connectivity index (χ0v) is 25.2. The van der Waals surface area contributed by atoms with Crippen molar-refractivity contribution in [2.75, 3.05) is 45.9 Å². The van der Waals surface area contributed by atoms with Gasteiger partial charge in [0, 0.05) is 44.8 Å². The molecule has 9 heteroatoms. The first kappa shape index (κ1) is 29.4. The Balaban J connectivity index is 1.41. The lowest BCUT2D eigenvalue weighted by molar-refractivity contribution is -0.134. The molecule has 1 N–H and O–H groups in total. The van der Waals surface area contributed by atoms with Crippen LogP contribution in [0.4, 0.5) is 0 Å². The summed E-state index contributed by atoms with van der Waals surface area (Å²) in [5.41, 5.74) is 3.90. The van der Waals surface area contributed by atoms with Gasteiger partial charge in [0.2, 0.25) is 0 Å². The lowest BCUT2D eigenvalue weighted by Crippen LogP contribution is -2.47. The maximum absolute atomic E-state index is 14.5. The van der Waals surface area contributed by atoms with Gasteiger partial charge in [-0.3, -0.25) is 18.7 Å². The predicted molar refractivity (Wildman–Crippen MR) is 170 cm³/mol. The van der Waals surface area contributed by atoms with Crippen molar-refractivity contribution in [3.05, 3.63) is 106 Å². The number of likely N-dealkylation sites (tertiary alicyclic amines) is 1. The second-order valence-corrected chi connectivity index (χ2v) is 11.5. The molecule has 2 aliphatic rings. The normalized spacial score (nSPS) is 15.3. The Kier molecular flexibility index (Phi) is 8.93. The van der Waals surface area contributed by atoms with Gasteiger partial charge >= 0.3 is 5.69 Å². The van der Waals surface area contributed by atoms with E-state index >= 15 is 0 Å². The Morgan fingerprint density at radius 1 is 0.818 bits per heavy atom. The Labute approximate surface area is 257 Å². The fourth-order valence-electron chi connectivity index (χ4n) is 6.12. The van der Waals surface area contributed by atoms with Crippen molar-refractivity contribution in [1.29, 1.82) is 0 Å². The van der Waals surface area contributed by atoms with Crippen LogP contribution in [0.5, 0.6) is 5.75 Å². The zero-order chi connectivity index (χ0) is 30.5. The number of ether oxygens (including phenoxy) is 1. The van der Waals surface area contributed by atoms with E-state index in [0.717, 1.165) is 54.7 Å². The van der Waals surface area contributed by atoms with Crippen LogP contribution in [-0.4, -0.2) is 76.6 Å². The van der Waals surface area contributed by atoms with Gasteiger partial charge in [-0.25, -0.2) is 4.79 Å². The van der Waals surface area contributed by atoms with Crippen molar-refractivity contribution in [2.24, 2.45) is 0 Å². The highest BCUT2D eigenvalue weighted by atomic mass is 16.5. The summed E-state index contributed by atoms with van der Waals surface area (Å²) >= 11 is 0. The number of piperidine rings is 1. The van der Waals surface area contributed by atoms with Gasteiger partial charge in [-0.05, 0) is 55.5 Å². The number of carbonyl (C=O) groups excluding carboxylic acids is 2. The summed E-state index contributed by atoms with van der Waals surface area (Å²) in [5, 5.41) is 3.31. The third-order valence-corrected chi connectivity index (χ3v) is 8.46. The molecule has 0 spiro atoms. The number of hydrogen-bond donors (Lipinski definition) is 1. The van der Waals surface area contributed by atoms with Crippen LogP contribution in [0.3, 0.4) is 0 Å². The first-order valence-corrected chi connectivity index (χ1v) is 15.5. The molecule has 0 atom stereocenters. The van der Waals surface area contributed by atoms with Crippen molar-refractivity contribution in [3.8, 4) is 22.7 Å². The van der Waals surface area contributed by atoms with E-state index in [1.165, 1.54) is 0 Å². The molecular weight excluding hydrogens is 554 g/mol. The molecule has 0 aliphatic carbocycles. The number of carbonyl (C=O) groups is 2. The van der Waals surface area contributed by atoms with E-state index in [4.69, 9.17) is 4.74 Å². The van der Waals surface area contributed by atoms with E-state index in [2.05, 4.69) is 5.32 Å². The number of hydrogen-bond acceptors (Lipinski definition) is 5. The molecular formula is C35H39N5O4. The number of imidazole rings is 1. The molecule has 4 aromatic rings. The SMILES string of the molecule is Cc1ccccc1-n1c(-c2ccccc2)c(C(=O)N2CCNCC2)n(Cc2cccc(OCC(=O)N3CCCCC3)c2)c1=O. The Morgan fingerprint density at radius 3 is 2.30 bits per heavy atom. The Hall–Kier alpha value is -4.63. The molecule has 2 aliphatic heterocycles. The number of rotatable bonds is 8. The van der Waals surface area contributed by atoms with E-state index in [1.54, 1.807) is 9.13 Å². The molecule has 0 bridgehead atoms. The van der Waals surface area contributed by atoms with Crippen LogP contribution in [0.2, 0.25) is 0 Å². The number of amides is 2. The molecule has 2 amide bonds. The molecule has 3 aromatic carbocycles. The number of nitrogens with zero attached hydrogens (tertiary/aromatic N) is 4. The summed E-state index contributed by atoms with van der Waals surface area (Å²) in [5.74, 6) is 0.366. The second-order valence-electron chi connectivity index (χ2n) is 11.5. The third-order valence-electron chi connectivity index (χ3n) is 8.46. The highest BCUT2D eigenvalue weighted by Gasteiger charge is 2.31. The molecule has 228 valence electrons. The van der Waals surface area contributed by atoms with Gasteiger partial charge < -0.3 is 19.9 Å². The minimum absolute atomic E-state index is 0.0157. The molecule has 6 rings (SSSR count). The maximum atomic E-state index is 14.5. The van der Waals surface area contributed by atoms with Crippen LogP contribution in [-0.2, 0) is 11.3 Å². The van der Waals surface area contributed by atoms with Crippen LogP contribution < -0.4 is 15.7 Å². The average molecular weight is 594 g/mol. The molecule has 2 fully saturated rings. The van der Waals surface area contributed by atoms with Gasteiger partial charge in [-0.1, -0.05) is 60.7 Å². The molecule has 44 heavy (non-hydrogen) atoms. The van der Waals surface area contributed by atoms with Gasteiger partial charge in [-0.15, -0.1) is 0 Å². The van der Waals surface area contributed by atoms with Crippen molar-refractivity contribution in [3.63, 3.8) is 0 Å². The monoisotopic (exact) mass is 593 g/mol. The highest BCUT2D eigenvalue weighted by molar-refractivity contribution is 5.99. The van der Waals surface area contributed by atoms with Gasteiger partial charge in [0.05, 0.1) is 17.9 Å². The number of para-hydroxylation sites is 1. The van der Waals surface area contributed by atoms with Crippen molar-refractivity contribution < 1.29 is 14.3 Å². The molecule has 1 aromatic heterocycles. The largest absolute Gasteiger partial charge is 0.484 e. The van der Waals surface area contributed by atoms with Gasteiger partial charge in [-0.2, -0.15) is 0 Å². The lowest BCUT2D eigenvalue weighted by Gasteiger charge is -2.28. The fourth-order valence-corrected chi connectivity index (χ4v) is 6.12. The highest BCUT2D eigenvalue weighted by Crippen LogP contribution is 2.29. The Morgan fingerprint density at radius 2 is 1.55 bits per heavy atom. The summed E-state index contributed by atoms with van der Waals surface area (Å²) in [6.07, 6.45) is 3.21. The minimum atomic E-state index is -0.289. The quantitative estimate of drug-likeness (QED) is 0.333. The van der Waals surface area contributed by atoms with Crippen LogP contribution in [0.15, 0.2) is 83.7 Å². The molecule has 2 saturated heterocycles. The molecule has 3 heterocycles. The fraction of sp³-hybridized carbons (Fsp3) is 0.343. The smallest absolute Gasteiger partial charge is 0.334 e. The summed E-state index contributed by atoms with van der Waals surface area (Å²) < 4.78 is 9.19. The van der Waals surface area contributed by atoms with E-state index in [0.29, 0.717) is 43.3 Å². The number of nitrogens with one attached hydrogen (secondary N) is 1. The van der Waals surface area contributed by atoms with Crippen LogP contribution in [0.25, 0.3) is 16.9 Å². The predicted octanol–water partition coefficient (Wildman–Crippen LogP) is 4.10. The summed E-state index contributed by atoms with van der Waals surface area (Å²) in [4.78, 5) is 45.2. The van der Waals surface area contributed by atoms with Crippen LogP contribution >= 0.6 is 0 Å². The lowest BCUT2D eigenvalue weighted by atomic mass is 10.1. The van der Waals surface area contributed by atoms with E-state index < -0.39 is 0 Å². The Bertz CT molecular complexity index is 1680. The summed E-state index contributed by atoms with van der Waals surface area (Å²) in [6.45, 7) is 6.18. The standard InChI is InChI=1S/C35H39N5O4/c1-26-11-6-7-16-30(26)40-32(28-13-4-2-5-14-28)33(34(42)38-21-17-36-18-22-38)39(35(40)43)24-27-12-10-15-29(23-27)44-25-31(41)37-19-8-3-9-20-37/h2,4-7,10-16,23,36H,3,8-9,17-22,24-25H2,1H3. The topological polar surface area (TPSA) is 88.8 Å². The first-order valence-electron chi connectivity index (χ1n) is 15.5. The van der Waals surface area contributed by atoms with E-state index in [9.17, 15) is 14.4 Å². The number of aromatic nitrogens is 2. The summed E-state index contributed by atoms with van der Waals surface area (Å²) in [7, 11) is 0. The molecule has 0 radical (unpaired) electrons. The molecule has 0 unspecified atom stereocenters. The van der Waals surface area contributed by atoms with E-state index in [1.807, 2.05) is 95.6 Å². The van der Waals surface area contributed by atoms with Crippen molar-refractivity contribution in [2.45, 2.75) is 32.7 Å². The number of benzene rings is 3. The van der Waals surface area contributed by atoms with E-state index in [-0.39, 0.29) is 30.7 Å². The van der Waals surface area contributed by atoms with Gasteiger partial charge in [0.1, 0.15) is 11.4 Å².